The lowest BCUT2D eigenvalue weighted by atomic mass is 9.88. The van der Waals surface area contributed by atoms with Gasteiger partial charge in [-0.2, -0.15) is 4.31 Å². The number of fused-ring (bicyclic) bond motifs is 1. The highest BCUT2D eigenvalue weighted by Gasteiger charge is 2.61. The van der Waals surface area contributed by atoms with Crippen LogP contribution in [0, 0.1) is 17.8 Å². The smallest absolute Gasteiger partial charge is 0.267 e. The fraction of sp³-hybridized carbons (Fsp3) is 0.444. The molecule has 1 saturated heterocycles. The molecule has 0 spiro atoms. The number of anilines is 1. The summed E-state index contributed by atoms with van der Waals surface area (Å²) < 4.78 is 28.0. The summed E-state index contributed by atoms with van der Waals surface area (Å²) in [5.41, 5.74) is 1.99. The van der Waals surface area contributed by atoms with Gasteiger partial charge in [0, 0.05) is 12.2 Å². The van der Waals surface area contributed by atoms with Crippen LogP contribution < -0.4 is 5.32 Å². The van der Waals surface area contributed by atoms with Crippen LogP contribution in [0.25, 0.3) is 0 Å². The summed E-state index contributed by atoms with van der Waals surface area (Å²) in [6.45, 7) is 0.475. The monoisotopic (exact) mass is 405 g/mol. The summed E-state index contributed by atoms with van der Waals surface area (Å²) in [5, 5.41) is 13.2. The maximum Gasteiger partial charge on any atom is 0.267 e. The first-order chi connectivity index (χ1) is 12.9. The predicted octanol–water partition coefficient (Wildman–Crippen LogP) is 1.79. The van der Waals surface area contributed by atoms with Gasteiger partial charge in [0.05, 0.1) is 28.7 Å². The highest BCUT2D eigenvalue weighted by atomic mass is 32.2. The predicted molar refractivity (Wildman–Crippen MR) is 99.9 cm³/mol. The van der Waals surface area contributed by atoms with Crippen molar-refractivity contribution in [3.8, 4) is 0 Å². The molecule has 5 atom stereocenters. The number of hydrogen-bond donors (Lipinski definition) is 2. The molecule has 1 aliphatic heterocycles. The molecule has 1 amide bonds. The van der Waals surface area contributed by atoms with Crippen LogP contribution >= 0.6 is 11.3 Å². The fourth-order valence-electron chi connectivity index (χ4n) is 5.03. The summed E-state index contributed by atoms with van der Waals surface area (Å²) in [6.07, 6.45) is 2.74. The van der Waals surface area contributed by atoms with Crippen LogP contribution in [0.5, 0.6) is 0 Å². The van der Waals surface area contributed by atoms with E-state index < -0.39 is 16.1 Å². The topological polar surface area (TPSA) is 99.6 Å². The summed E-state index contributed by atoms with van der Waals surface area (Å²) in [6, 6.07) is 5.98. The van der Waals surface area contributed by atoms with Gasteiger partial charge in [-0.25, -0.2) is 8.42 Å². The number of hydrogen-bond acceptors (Lipinski definition) is 6. The van der Waals surface area contributed by atoms with Gasteiger partial charge in [0.2, 0.25) is 10.0 Å². The number of nitrogens with zero attached hydrogens (tertiary/aromatic N) is 2. The Balaban J connectivity index is 1.42. The standard InChI is InChI=1S/C18H19N3O4S2/c22-17-10-4-11-8-21(16(17)14(11)5-10)27(24,25)13-3-1-2-12(6-13)20-18(23)15-7-19-9-26-15/h1-3,6-7,9-11,14,16-17,22H,4-5,8H2,(H,20,23)/t10-,11-,14+,16+,17-/m0/s1. The maximum atomic E-state index is 13.2. The molecule has 1 aromatic carbocycles. The molecule has 0 radical (unpaired) electrons. The minimum Gasteiger partial charge on any atom is -0.391 e. The molecule has 27 heavy (non-hydrogen) atoms. The first kappa shape index (κ1) is 17.3. The number of sulfonamides is 1. The van der Waals surface area contributed by atoms with E-state index in [1.807, 2.05) is 0 Å². The molecular formula is C18H19N3O4S2. The molecule has 5 rings (SSSR count). The second kappa shape index (κ2) is 6.10. The highest BCUT2D eigenvalue weighted by Crippen LogP contribution is 2.56. The van der Waals surface area contributed by atoms with Crippen molar-refractivity contribution >= 4 is 33.0 Å². The Bertz CT molecular complexity index is 990. The molecule has 7 nitrogen and oxygen atoms in total. The lowest BCUT2D eigenvalue weighted by molar-refractivity contribution is 0.0731. The number of amides is 1. The number of carbonyl (C=O) groups is 1. The Morgan fingerprint density at radius 2 is 2.15 bits per heavy atom. The number of nitrogens with one attached hydrogen (secondary N) is 1. The lowest BCUT2D eigenvalue weighted by Crippen LogP contribution is -2.43. The SMILES string of the molecule is O=C(Nc1cccc(S(=O)(=O)N2C[C@@H]3C[C@H]4C[C@H]3[C@@H]2[C@H]4O)c1)c1cncs1. The van der Waals surface area contributed by atoms with Crippen molar-refractivity contribution < 1.29 is 18.3 Å². The van der Waals surface area contributed by atoms with Crippen LogP contribution in [-0.2, 0) is 10.0 Å². The number of aromatic nitrogens is 1. The van der Waals surface area contributed by atoms with Crippen molar-refractivity contribution in [2.45, 2.75) is 29.9 Å². The summed E-state index contributed by atoms with van der Waals surface area (Å²) in [4.78, 5) is 16.7. The Hall–Kier alpha value is -1.81. The molecule has 2 bridgehead atoms. The van der Waals surface area contributed by atoms with Crippen LogP contribution in [0.15, 0.2) is 40.9 Å². The molecule has 2 saturated carbocycles. The van der Waals surface area contributed by atoms with Gasteiger partial charge in [-0.3, -0.25) is 9.78 Å². The first-order valence-corrected chi connectivity index (χ1v) is 11.3. The Morgan fingerprint density at radius 1 is 1.30 bits per heavy atom. The minimum atomic E-state index is -3.73. The Morgan fingerprint density at radius 3 is 2.89 bits per heavy atom. The quantitative estimate of drug-likeness (QED) is 0.808. The largest absolute Gasteiger partial charge is 0.391 e. The van der Waals surface area contributed by atoms with Gasteiger partial charge < -0.3 is 10.4 Å². The number of carbonyl (C=O) groups excluding carboxylic acids is 1. The normalized spacial score (nSPS) is 32.1. The Labute approximate surface area is 161 Å². The lowest BCUT2D eigenvalue weighted by Gasteiger charge is -2.28. The molecule has 2 aromatic rings. The molecule has 2 N–H and O–H groups in total. The van der Waals surface area contributed by atoms with E-state index in [1.54, 1.807) is 17.6 Å². The van der Waals surface area contributed by atoms with Gasteiger partial charge in [0.25, 0.3) is 5.91 Å². The van der Waals surface area contributed by atoms with Crippen molar-refractivity contribution in [2.75, 3.05) is 11.9 Å². The second-order valence-electron chi connectivity index (χ2n) is 7.56. The van der Waals surface area contributed by atoms with E-state index in [1.165, 1.54) is 34.0 Å². The highest BCUT2D eigenvalue weighted by molar-refractivity contribution is 7.89. The number of aliphatic hydroxyl groups excluding tert-OH is 1. The molecule has 2 aliphatic carbocycles. The van der Waals surface area contributed by atoms with Crippen LogP contribution in [0.3, 0.4) is 0 Å². The number of rotatable bonds is 4. The van der Waals surface area contributed by atoms with Gasteiger partial charge in [-0.05, 0) is 48.8 Å². The third-order valence-corrected chi connectivity index (χ3v) is 8.79. The molecule has 9 heteroatoms. The Kier molecular flexibility index (Phi) is 3.91. The third kappa shape index (κ3) is 2.64. The minimum absolute atomic E-state index is 0.140. The zero-order valence-corrected chi connectivity index (χ0v) is 16.0. The van der Waals surface area contributed by atoms with Gasteiger partial charge in [-0.1, -0.05) is 6.07 Å². The van der Waals surface area contributed by atoms with Crippen LogP contribution in [0.1, 0.15) is 22.5 Å². The fourth-order valence-corrected chi connectivity index (χ4v) is 7.33. The average molecular weight is 406 g/mol. The summed E-state index contributed by atoms with van der Waals surface area (Å²) in [5.74, 6) is 0.539. The van der Waals surface area contributed by atoms with Gasteiger partial charge in [0.1, 0.15) is 4.88 Å². The number of thiazole rings is 1. The number of benzene rings is 1. The molecule has 0 unspecified atom stereocenters. The molecule has 3 aliphatic rings. The third-order valence-electron chi connectivity index (χ3n) is 6.16. The zero-order chi connectivity index (χ0) is 18.8. The van der Waals surface area contributed by atoms with E-state index in [4.69, 9.17) is 0 Å². The van der Waals surface area contributed by atoms with Crippen molar-refractivity contribution in [1.29, 1.82) is 0 Å². The van der Waals surface area contributed by atoms with Crippen LogP contribution in [-0.4, -0.2) is 47.4 Å². The van der Waals surface area contributed by atoms with Crippen LogP contribution in [0.4, 0.5) is 5.69 Å². The van der Waals surface area contributed by atoms with Crippen molar-refractivity contribution in [1.82, 2.24) is 9.29 Å². The van der Waals surface area contributed by atoms with E-state index in [0.717, 1.165) is 12.8 Å². The molecular weight excluding hydrogens is 386 g/mol. The number of aliphatic hydroxyl groups is 1. The van der Waals surface area contributed by atoms with Gasteiger partial charge in [-0.15, -0.1) is 11.3 Å². The van der Waals surface area contributed by atoms with E-state index in [-0.39, 0.29) is 28.7 Å². The summed E-state index contributed by atoms with van der Waals surface area (Å²) in [7, 11) is -3.73. The molecule has 142 valence electrons. The molecule has 2 heterocycles. The van der Waals surface area contributed by atoms with Crippen molar-refractivity contribution in [3.63, 3.8) is 0 Å². The van der Waals surface area contributed by atoms with E-state index in [9.17, 15) is 18.3 Å². The van der Waals surface area contributed by atoms with E-state index in [0.29, 0.717) is 23.0 Å². The zero-order valence-electron chi connectivity index (χ0n) is 14.4. The summed E-state index contributed by atoms with van der Waals surface area (Å²) >= 11 is 1.22. The first-order valence-electron chi connectivity index (χ1n) is 8.95. The van der Waals surface area contributed by atoms with E-state index in [2.05, 4.69) is 10.3 Å². The molecule has 3 fully saturated rings. The average Bonchev–Trinajstić information content (AvgIpc) is 3.38. The van der Waals surface area contributed by atoms with Crippen LogP contribution in [0.2, 0.25) is 0 Å². The maximum absolute atomic E-state index is 13.2. The van der Waals surface area contributed by atoms with Gasteiger partial charge >= 0.3 is 0 Å². The van der Waals surface area contributed by atoms with Crippen molar-refractivity contribution in [3.05, 3.63) is 40.8 Å². The second-order valence-corrected chi connectivity index (χ2v) is 10.3. The van der Waals surface area contributed by atoms with E-state index >= 15 is 0 Å². The molecule has 1 aromatic heterocycles. The van der Waals surface area contributed by atoms with Crippen molar-refractivity contribution in [2.24, 2.45) is 17.8 Å². The van der Waals surface area contributed by atoms with Gasteiger partial charge in [0.15, 0.2) is 0 Å².